The van der Waals surface area contributed by atoms with Crippen molar-refractivity contribution in [3.05, 3.63) is 29.8 Å². The van der Waals surface area contributed by atoms with Crippen molar-refractivity contribution in [2.24, 2.45) is 0 Å². The Labute approximate surface area is 109 Å². The second-order valence-corrected chi connectivity index (χ2v) is 4.36. The Hall–Kier alpha value is -1.39. The molecule has 1 aromatic carbocycles. The maximum absolute atomic E-state index is 11.7. The molecule has 0 aromatic heterocycles. The van der Waals surface area contributed by atoms with E-state index in [1.807, 2.05) is 31.2 Å². The molecule has 1 aromatic rings. The lowest BCUT2D eigenvalue weighted by Crippen LogP contribution is -2.38. The van der Waals surface area contributed by atoms with E-state index in [0.717, 1.165) is 12.1 Å². The van der Waals surface area contributed by atoms with Crippen molar-refractivity contribution in [2.75, 3.05) is 25.6 Å². The maximum atomic E-state index is 11.7. The Morgan fingerprint density at radius 1 is 1.33 bits per heavy atom. The molecule has 0 aliphatic rings. The molecule has 1 unspecified atom stereocenters. The Bertz CT molecular complexity index is 363. The van der Waals surface area contributed by atoms with E-state index >= 15 is 0 Å². The molecular formula is C14H22N2O2. The minimum absolute atomic E-state index is 0.0339. The van der Waals surface area contributed by atoms with Crippen molar-refractivity contribution in [3.8, 4) is 0 Å². The van der Waals surface area contributed by atoms with E-state index in [2.05, 4.69) is 17.6 Å². The third-order valence-corrected chi connectivity index (χ3v) is 2.75. The summed E-state index contributed by atoms with van der Waals surface area (Å²) in [6, 6.07) is 7.98. The Balaban J connectivity index is 2.35. The van der Waals surface area contributed by atoms with E-state index in [4.69, 9.17) is 4.74 Å². The second-order valence-electron chi connectivity index (χ2n) is 4.36. The number of nitrogens with one attached hydrogen (secondary N) is 2. The van der Waals surface area contributed by atoms with Gasteiger partial charge in [0.25, 0.3) is 0 Å². The van der Waals surface area contributed by atoms with Crippen LogP contribution < -0.4 is 10.6 Å². The first kappa shape index (κ1) is 14.7. The van der Waals surface area contributed by atoms with Gasteiger partial charge in [-0.05, 0) is 25.5 Å². The summed E-state index contributed by atoms with van der Waals surface area (Å²) in [5.74, 6) is -0.0339. The molecule has 0 radical (unpaired) electrons. The number of amides is 1. The normalized spacial score (nSPS) is 12.2. The lowest BCUT2D eigenvalue weighted by Gasteiger charge is -2.15. The van der Waals surface area contributed by atoms with Gasteiger partial charge in [-0.15, -0.1) is 0 Å². The van der Waals surface area contributed by atoms with Crippen LogP contribution in [-0.2, 0) is 9.53 Å². The highest BCUT2D eigenvalue weighted by molar-refractivity contribution is 5.92. The molecule has 0 aliphatic carbocycles. The molecule has 0 bridgehead atoms. The predicted octanol–water partition coefficient (Wildman–Crippen LogP) is 1.95. The van der Waals surface area contributed by atoms with Crippen molar-refractivity contribution in [3.63, 3.8) is 0 Å². The third kappa shape index (κ3) is 5.29. The van der Waals surface area contributed by atoms with Crippen LogP contribution in [0.5, 0.6) is 0 Å². The number of ether oxygens (including phenoxy) is 1. The Morgan fingerprint density at radius 3 is 2.56 bits per heavy atom. The fraction of sp³-hybridized carbons (Fsp3) is 0.500. The number of aryl methyl sites for hydroxylation is 1. The molecule has 0 fully saturated rings. The first-order valence-electron chi connectivity index (χ1n) is 6.24. The van der Waals surface area contributed by atoms with Crippen molar-refractivity contribution in [1.29, 1.82) is 0 Å². The highest BCUT2D eigenvalue weighted by Crippen LogP contribution is 2.07. The van der Waals surface area contributed by atoms with Crippen molar-refractivity contribution in [1.82, 2.24) is 5.32 Å². The van der Waals surface area contributed by atoms with Crippen LogP contribution in [0.25, 0.3) is 0 Å². The number of hydrogen-bond donors (Lipinski definition) is 2. The number of hydrogen-bond acceptors (Lipinski definition) is 3. The van der Waals surface area contributed by atoms with E-state index in [1.54, 1.807) is 7.11 Å². The topological polar surface area (TPSA) is 50.4 Å². The summed E-state index contributed by atoms with van der Waals surface area (Å²) in [4.78, 5) is 11.7. The minimum atomic E-state index is -0.0339. The molecule has 0 saturated heterocycles. The van der Waals surface area contributed by atoms with Gasteiger partial charge in [0.15, 0.2) is 0 Å². The summed E-state index contributed by atoms with van der Waals surface area (Å²) in [5.41, 5.74) is 2.00. The number of carbonyl (C=O) groups excluding carboxylic acids is 1. The molecule has 4 nitrogen and oxygen atoms in total. The maximum Gasteiger partial charge on any atom is 0.238 e. The third-order valence-electron chi connectivity index (χ3n) is 2.75. The molecule has 0 aliphatic heterocycles. The van der Waals surface area contributed by atoms with Gasteiger partial charge in [0.2, 0.25) is 5.91 Å². The number of anilines is 1. The lowest BCUT2D eigenvalue weighted by molar-refractivity contribution is -0.115. The second kappa shape index (κ2) is 7.84. The molecule has 1 rings (SSSR count). The van der Waals surface area contributed by atoms with Crippen LogP contribution >= 0.6 is 0 Å². The zero-order chi connectivity index (χ0) is 13.4. The van der Waals surface area contributed by atoms with Crippen LogP contribution in [-0.4, -0.2) is 32.2 Å². The smallest absolute Gasteiger partial charge is 0.238 e. The van der Waals surface area contributed by atoms with Gasteiger partial charge >= 0.3 is 0 Å². The monoisotopic (exact) mass is 250 g/mol. The largest absolute Gasteiger partial charge is 0.383 e. The van der Waals surface area contributed by atoms with Crippen LogP contribution in [0.1, 0.15) is 18.9 Å². The van der Waals surface area contributed by atoms with Gasteiger partial charge in [0, 0.05) is 18.8 Å². The molecule has 2 N–H and O–H groups in total. The fourth-order valence-corrected chi connectivity index (χ4v) is 1.60. The SMILES string of the molecule is CCC(COC)NCC(=O)Nc1ccc(C)cc1. The van der Waals surface area contributed by atoms with Gasteiger partial charge in [0.05, 0.1) is 13.2 Å². The summed E-state index contributed by atoms with van der Waals surface area (Å²) >= 11 is 0. The molecule has 1 atom stereocenters. The first-order valence-corrected chi connectivity index (χ1v) is 6.24. The van der Waals surface area contributed by atoms with Crippen LogP contribution in [0.4, 0.5) is 5.69 Å². The van der Waals surface area contributed by atoms with Crippen LogP contribution in [0.15, 0.2) is 24.3 Å². The summed E-state index contributed by atoms with van der Waals surface area (Å²) in [5, 5.41) is 6.01. The fourth-order valence-electron chi connectivity index (χ4n) is 1.60. The number of carbonyl (C=O) groups is 1. The van der Waals surface area contributed by atoms with E-state index in [-0.39, 0.29) is 11.9 Å². The van der Waals surface area contributed by atoms with Gasteiger partial charge in [-0.2, -0.15) is 0 Å². The summed E-state index contributed by atoms with van der Waals surface area (Å²) < 4.78 is 5.06. The lowest BCUT2D eigenvalue weighted by atomic mass is 10.2. The number of benzene rings is 1. The van der Waals surface area contributed by atoms with Gasteiger partial charge in [0.1, 0.15) is 0 Å². The zero-order valence-electron chi connectivity index (χ0n) is 11.3. The molecule has 1 amide bonds. The molecule has 0 spiro atoms. The standard InChI is InChI=1S/C14H22N2O2/c1-4-12(10-18-3)15-9-14(17)16-13-7-5-11(2)6-8-13/h5-8,12,15H,4,9-10H2,1-3H3,(H,16,17). The molecule has 0 heterocycles. The summed E-state index contributed by atoms with van der Waals surface area (Å²) in [6.45, 7) is 5.00. The average molecular weight is 250 g/mol. The van der Waals surface area contributed by atoms with Gasteiger partial charge in [-0.25, -0.2) is 0 Å². The highest BCUT2D eigenvalue weighted by Gasteiger charge is 2.08. The molecule has 18 heavy (non-hydrogen) atoms. The molecule has 0 saturated carbocycles. The summed E-state index contributed by atoms with van der Waals surface area (Å²) in [7, 11) is 1.66. The van der Waals surface area contributed by atoms with E-state index in [1.165, 1.54) is 5.56 Å². The predicted molar refractivity (Wildman–Crippen MR) is 73.8 cm³/mol. The van der Waals surface area contributed by atoms with Crippen LogP contribution in [0.3, 0.4) is 0 Å². The quantitative estimate of drug-likeness (QED) is 0.777. The molecular weight excluding hydrogens is 228 g/mol. The van der Waals surface area contributed by atoms with Crippen molar-refractivity contribution < 1.29 is 9.53 Å². The van der Waals surface area contributed by atoms with Gasteiger partial charge in [-0.3, -0.25) is 4.79 Å². The Kier molecular flexibility index (Phi) is 6.39. The van der Waals surface area contributed by atoms with E-state index < -0.39 is 0 Å². The molecule has 100 valence electrons. The van der Waals surface area contributed by atoms with Crippen LogP contribution in [0.2, 0.25) is 0 Å². The van der Waals surface area contributed by atoms with E-state index in [0.29, 0.717) is 13.2 Å². The molecule has 4 heteroatoms. The number of rotatable bonds is 7. The number of methoxy groups -OCH3 is 1. The highest BCUT2D eigenvalue weighted by atomic mass is 16.5. The Morgan fingerprint density at radius 2 is 2.00 bits per heavy atom. The van der Waals surface area contributed by atoms with Crippen molar-refractivity contribution in [2.45, 2.75) is 26.3 Å². The first-order chi connectivity index (χ1) is 8.65. The van der Waals surface area contributed by atoms with E-state index in [9.17, 15) is 4.79 Å². The van der Waals surface area contributed by atoms with Gasteiger partial charge < -0.3 is 15.4 Å². The zero-order valence-corrected chi connectivity index (χ0v) is 11.3. The average Bonchev–Trinajstić information content (AvgIpc) is 2.37. The minimum Gasteiger partial charge on any atom is -0.383 e. The van der Waals surface area contributed by atoms with Crippen molar-refractivity contribution >= 4 is 11.6 Å². The van der Waals surface area contributed by atoms with Gasteiger partial charge in [-0.1, -0.05) is 24.6 Å². The van der Waals surface area contributed by atoms with Crippen LogP contribution in [0, 0.1) is 6.92 Å². The summed E-state index contributed by atoms with van der Waals surface area (Å²) in [6.07, 6.45) is 0.936.